The number of hydrogen-bond acceptors (Lipinski definition) is 5. The standard InChI is InChI=1S/C8H11NO3S/c1-3-12-8(11)6-5(10)4-13-7(6)9-2/h6H,3-4H2,1-2H3/t6-/m0/s1. The van der Waals surface area contributed by atoms with Gasteiger partial charge in [-0.2, -0.15) is 0 Å². The molecule has 1 fully saturated rings. The third kappa shape index (κ3) is 2.09. The molecule has 1 aliphatic heterocycles. The quantitative estimate of drug-likeness (QED) is 0.482. The maximum Gasteiger partial charge on any atom is 0.323 e. The van der Waals surface area contributed by atoms with Crippen LogP contribution in [0.3, 0.4) is 0 Å². The zero-order chi connectivity index (χ0) is 9.84. The molecule has 1 rings (SSSR count). The van der Waals surface area contributed by atoms with Crippen LogP contribution in [0.4, 0.5) is 0 Å². The number of rotatable bonds is 2. The molecule has 4 nitrogen and oxygen atoms in total. The average molecular weight is 201 g/mol. The zero-order valence-electron chi connectivity index (χ0n) is 7.57. The van der Waals surface area contributed by atoms with Gasteiger partial charge in [0.05, 0.1) is 17.4 Å². The van der Waals surface area contributed by atoms with Gasteiger partial charge in [-0.1, -0.05) is 0 Å². The van der Waals surface area contributed by atoms with Crippen LogP contribution in [0, 0.1) is 5.92 Å². The molecule has 1 heterocycles. The molecule has 0 saturated carbocycles. The summed E-state index contributed by atoms with van der Waals surface area (Å²) in [6.45, 7) is 2.01. The molecule has 1 aliphatic rings. The number of Topliss-reactive ketones (excluding diaryl/α,β-unsaturated/α-hetero) is 1. The number of esters is 1. The Morgan fingerprint density at radius 1 is 1.77 bits per heavy atom. The minimum absolute atomic E-state index is 0.107. The van der Waals surface area contributed by atoms with E-state index in [2.05, 4.69) is 4.99 Å². The van der Waals surface area contributed by atoms with Crippen molar-refractivity contribution in [3.8, 4) is 0 Å². The Hall–Kier alpha value is -0.840. The van der Waals surface area contributed by atoms with Gasteiger partial charge in [0.25, 0.3) is 0 Å². The lowest BCUT2D eigenvalue weighted by Crippen LogP contribution is -2.27. The second-order valence-corrected chi connectivity index (χ2v) is 3.50. The Balaban J connectivity index is 2.75. The van der Waals surface area contributed by atoms with Gasteiger partial charge < -0.3 is 4.74 Å². The van der Waals surface area contributed by atoms with Crippen LogP contribution < -0.4 is 0 Å². The number of hydrogen-bond donors (Lipinski definition) is 0. The molecule has 1 saturated heterocycles. The van der Waals surface area contributed by atoms with Crippen molar-refractivity contribution in [3.05, 3.63) is 0 Å². The van der Waals surface area contributed by atoms with Crippen LogP contribution in [-0.2, 0) is 14.3 Å². The summed E-state index contributed by atoms with van der Waals surface area (Å²) in [7, 11) is 1.58. The highest BCUT2D eigenvalue weighted by Crippen LogP contribution is 2.25. The summed E-state index contributed by atoms with van der Waals surface area (Å²) in [4.78, 5) is 26.4. The average Bonchev–Trinajstić information content (AvgIpc) is 2.47. The van der Waals surface area contributed by atoms with Crippen molar-refractivity contribution in [1.82, 2.24) is 0 Å². The summed E-state index contributed by atoms with van der Waals surface area (Å²) in [6.07, 6.45) is 0. The predicted molar refractivity (Wildman–Crippen MR) is 50.9 cm³/mol. The molecule has 0 aliphatic carbocycles. The molecule has 0 aromatic carbocycles. The van der Waals surface area contributed by atoms with E-state index in [4.69, 9.17) is 4.74 Å². The summed E-state index contributed by atoms with van der Waals surface area (Å²) in [5.41, 5.74) is 0. The number of ether oxygens (including phenoxy) is 1. The highest BCUT2D eigenvalue weighted by Gasteiger charge is 2.38. The maximum atomic E-state index is 11.3. The first-order valence-electron chi connectivity index (χ1n) is 3.99. The Bertz CT molecular complexity index is 262. The Kier molecular flexibility index (Phi) is 3.48. The first-order valence-corrected chi connectivity index (χ1v) is 4.98. The van der Waals surface area contributed by atoms with Crippen molar-refractivity contribution in [2.45, 2.75) is 6.92 Å². The van der Waals surface area contributed by atoms with Gasteiger partial charge in [0.2, 0.25) is 0 Å². The van der Waals surface area contributed by atoms with Gasteiger partial charge in [-0.15, -0.1) is 11.8 Å². The first kappa shape index (κ1) is 10.2. The van der Waals surface area contributed by atoms with Crippen LogP contribution in [0.5, 0.6) is 0 Å². The van der Waals surface area contributed by atoms with E-state index in [0.29, 0.717) is 17.4 Å². The Labute approximate surface area is 80.7 Å². The molecule has 0 aromatic heterocycles. The lowest BCUT2D eigenvalue weighted by Gasteiger charge is -2.06. The molecular formula is C8H11NO3S. The van der Waals surface area contributed by atoms with Crippen LogP contribution in [0.25, 0.3) is 0 Å². The van der Waals surface area contributed by atoms with Crippen molar-refractivity contribution in [2.24, 2.45) is 10.9 Å². The van der Waals surface area contributed by atoms with Crippen molar-refractivity contribution >= 4 is 28.6 Å². The van der Waals surface area contributed by atoms with Crippen molar-refractivity contribution < 1.29 is 14.3 Å². The predicted octanol–water partition coefficient (Wildman–Crippen LogP) is 0.510. The highest BCUT2D eigenvalue weighted by atomic mass is 32.2. The van der Waals surface area contributed by atoms with Gasteiger partial charge >= 0.3 is 5.97 Å². The molecule has 72 valence electrons. The van der Waals surface area contributed by atoms with Crippen LogP contribution >= 0.6 is 11.8 Å². The van der Waals surface area contributed by atoms with Gasteiger partial charge in [-0.3, -0.25) is 14.6 Å². The lowest BCUT2D eigenvalue weighted by atomic mass is 10.1. The first-order chi connectivity index (χ1) is 6.20. The van der Waals surface area contributed by atoms with Gasteiger partial charge in [0, 0.05) is 7.05 Å². The Morgan fingerprint density at radius 2 is 2.46 bits per heavy atom. The lowest BCUT2D eigenvalue weighted by molar-refractivity contribution is -0.147. The molecule has 1 atom stereocenters. The second-order valence-electron chi connectivity index (χ2n) is 2.50. The molecule has 0 N–H and O–H groups in total. The van der Waals surface area contributed by atoms with Crippen LogP contribution in [-0.4, -0.2) is 36.2 Å². The molecular weight excluding hydrogens is 190 g/mol. The molecule has 0 unspecified atom stereocenters. The van der Waals surface area contributed by atoms with E-state index in [0.717, 1.165) is 0 Å². The zero-order valence-corrected chi connectivity index (χ0v) is 8.39. The largest absolute Gasteiger partial charge is 0.465 e. The highest BCUT2D eigenvalue weighted by molar-refractivity contribution is 8.15. The number of thioether (sulfide) groups is 1. The topological polar surface area (TPSA) is 55.7 Å². The van der Waals surface area contributed by atoms with E-state index in [1.807, 2.05) is 0 Å². The molecule has 0 bridgehead atoms. The van der Waals surface area contributed by atoms with Crippen LogP contribution in [0.15, 0.2) is 4.99 Å². The van der Waals surface area contributed by atoms with E-state index in [1.165, 1.54) is 11.8 Å². The minimum atomic E-state index is -0.755. The number of carbonyl (C=O) groups is 2. The third-order valence-corrected chi connectivity index (χ3v) is 2.82. The van der Waals surface area contributed by atoms with E-state index in [9.17, 15) is 9.59 Å². The summed E-state index contributed by atoms with van der Waals surface area (Å²) in [5, 5.41) is 0.573. The van der Waals surface area contributed by atoms with Crippen molar-refractivity contribution in [3.63, 3.8) is 0 Å². The second kappa shape index (κ2) is 4.41. The SMILES string of the molecule is CCOC(=O)[C@H]1C(=O)CSC1=NC. The van der Waals surface area contributed by atoms with Crippen LogP contribution in [0.1, 0.15) is 6.92 Å². The summed E-state index contributed by atoms with van der Waals surface area (Å²) in [6, 6.07) is 0. The molecule has 0 amide bonds. The monoisotopic (exact) mass is 201 g/mol. The Morgan fingerprint density at radius 3 is 3.00 bits per heavy atom. The van der Waals surface area contributed by atoms with Gasteiger partial charge in [0.1, 0.15) is 0 Å². The number of carbonyl (C=O) groups excluding carboxylic acids is 2. The van der Waals surface area contributed by atoms with Gasteiger partial charge in [-0.25, -0.2) is 0 Å². The van der Waals surface area contributed by atoms with Crippen molar-refractivity contribution in [1.29, 1.82) is 0 Å². The van der Waals surface area contributed by atoms with E-state index in [1.54, 1.807) is 14.0 Å². The molecule has 13 heavy (non-hydrogen) atoms. The number of ketones is 1. The number of nitrogens with zero attached hydrogens (tertiary/aromatic N) is 1. The van der Waals surface area contributed by atoms with E-state index < -0.39 is 11.9 Å². The fraction of sp³-hybridized carbons (Fsp3) is 0.625. The number of aliphatic imine (C=N–C) groups is 1. The van der Waals surface area contributed by atoms with E-state index in [-0.39, 0.29) is 5.78 Å². The fourth-order valence-corrected chi connectivity index (χ4v) is 2.08. The van der Waals surface area contributed by atoms with Gasteiger partial charge in [-0.05, 0) is 6.92 Å². The minimum Gasteiger partial charge on any atom is -0.465 e. The smallest absolute Gasteiger partial charge is 0.323 e. The molecule has 0 spiro atoms. The van der Waals surface area contributed by atoms with Crippen molar-refractivity contribution in [2.75, 3.05) is 19.4 Å². The normalized spacial score (nSPS) is 25.2. The third-order valence-electron chi connectivity index (χ3n) is 1.67. The molecule has 0 radical (unpaired) electrons. The summed E-state index contributed by atoms with van der Waals surface area (Å²) >= 11 is 1.31. The molecule has 0 aromatic rings. The van der Waals surface area contributed by atoms with Gasteiger partial charge in [0.15, 0.2) is 11.7 Å². The van der Waals surface area contributed by atoms with Crippen LogP contribution in [0.2, 0.25) is 0 Å². The summed E-state index contributed by atoms with van der Waals surface area (Å²) < 4.78 is 4.77. The maximum absolute atomic E-state index is 11.3. The molecule has 5 heteroatoms. The summed E-state index contributed by atoms with van der Waals surface area (Å²) in [5.74, 6) is -1.01. The fourth-order valence-electron chi connectivity index (χ4n) is 1.10. The van der Waals surface area contributed by atoms with E-state index >= 15 is 0 Å².